The number of nitrogens with one attached hydrogen (secondary N) is 1. The molecule has 0 amide bonds. The van der Waals surface area contributed by atoms with Crippen molar-refractivity contribution in [2.75, 3.05) is 19.4 Å². The van der Waals surface area contributed by atoms with Crippen molar-refractivity contribution in [2.24, 2.45) is 5.92 Å². The maximum Gasteiger partial charge on any atom is 0.169 e. The van der Waals surface area contributed by atoms with Crippen LogP contribution in [0.5, 0.6) is 0 Å². The second kappa shape index (κ2) is 9.83. The third kappa shape index (κ3) is 4.85. The van der Waals surface area contributed by atoms with E-state index in [4.69, 9.17) is 0 Å². The van der Waals surface area contributed by atoms with E-state index in [1.54, 1.807) is 19.2 Å². The van der Waals surface area contributed by atoms with Crippen LogP contribution in [0, 0.1) is 25.6 Å². The highest BCUT2D eigenvalue weighted by Crippen LogP contribution is 2.35. The predicted octanol–water partition coefficient (Wildman–Crippen LogP) is 6.78. The zero-order chi connectivity index (χ0) is 24.6. The molecule has 3 aromatic rings. The fraction of sp³-hybridized carbons (Fsp3) is 0.448. The average molecular weight is 462 g/mol. The summed E-state index contributed by atoms with van der Waals surface area (Å²) in [5.41, 5.74) is 5.69. The molecule has 2 aromatic carbocycles. The molecule has 0 unspecified atom stereocenters. The van der Waals surface area contributed by atoms with Crippen molar-refractivity contribution < 1.29 is 9.18 Å². The average Bonchev–Trinajstić information content (AvgIpc) is 2.82. The van der Waals surface area contributed by atoms with E-state index >= 15 is 0 Å². The standard InChI is InChI=1S/C29H36FN3O/c1-17(2)29(34)25-16-31-27-12-7-20(21-13-18(3)19(4)26(30)15-21)14-24(27)28(25)32-22-8-10-23(11-9-22)33(5)6/h7,12-17,22-23H,8-11H2,1-6H3,(H,31,32)/t22-,23-. The number of fused-ring (bicyclic) bond motifs is 1. The number of benzene rings is 2. The van der Waals surface area contributed by atoms with Gasteiger partial charge in [-0.25, -0.2) is 4.39 Å². The number of anilines is 1. The summed E-state index contributed by atoms with van der Waals surface area (Å²) in [4.78, 5) is 20.1. The molecule has 0 saturated heterocycles. The Bertz CT molecular complexity index is 1190. The molecule has 34 heavy (non-hydrogen) atoms. The van der Waals surface area contributed by atoms with E-state index in [1.165, 1.54) is 0 Å². The van der Waals surface area contributed by atoms with Crippen LogP contribution >= 0.6 is 0 Å². The molecule has 0 aliphatic heterocycles. The van der Waals surface area contributed by atoms with Gasteiger partial charge in [0.15, 0.2) is 5.78 Å². The largest absolute Gasteiger partial charge is 0.381 e. The normalized spacial score (nSPS) is 18.6. The van der Waals surface area contributed by atoms with Gasteiger partial charge in [-0.2, -0.15) is 0 Å². The van der Waals surface area contributed by atoms with Crippen LogP contribution in [0.2, 0.25) is 0 Å². The second-order valence-electron chi connectivity index (χ2n) is 10.3. The topological polar surface area (TPSA) is 45.2 Å². The molecule has 4 nitrogen and oxygen atoms in total. The predicted molar refractivity (Wildman–Crippen MR) is 139 cm³/mol. The van der Waals surface area contributed by atoms with Gasteiger partial charge in [0.2, 0.25) is 0 Å². The van der Waals surface area contributed by atoms with Gasteiger partial charge in [-0.15, -0.1) is 0 Å². The molecule has 1 aromatic heterocycles. The van der Waals surface area contributed by atoms with Crippen molar-refractivity contribution in [2.45, 2.75) is 65.5 Å². The van der Waals surface area contributed by atoms with Gasteiger partial charge in [-0.3, -0.25) is 9.78 Å². The number of nitrogens with zero attached hydrogens (tertiary/aromatic N) is 2. The maximum atomic E-state index is 14.5. The van der Waals surface area contributed by atoms with Gasteiger partial charge >= 0.3 is 0 Å². The Balaban J connectivity index is 1.79. The summed E-state index contributed by atoms with van der Waals surface area (Å²) in [6.45, 7) is 7.58. The lowest BCUT2D eigenvalue weighted by Gasteiger charge is -2.34. The first-order valence-corrected chi connectivity index (χ1v) is 12.3. The monoisotopic (exact) mass is 461 g/mol. The van der Waals surface area contributed by atoms with Crippen molar-refractivity contribution in [3.63, 3.8) is 0 Å². The molecule has 1 fully saturated rings. The molecule has 4 rings (SSSR count). The number of pyridine rings is 1. The van der Waals surface area contributed by atoms with Gasteiger partial charge in [-0.05, 0) is 94.1 Å². The number of aromatic nitrogens is 1. The number of ketones is 1. The van der Waals surface area contributed by atoms with Gasteiger partial charge in [-0.1, -0.05) is 26.0 Å². The van der Waals surface area contributed by atoms with Crippen LogP contribution in [-0.4, -0.2) is 41.8 Å². The van der Waals surface area contributed by atoms with Gasteiger partial charge in [0.25, 0.3) is 0 Å². The van der Waals surface area contributed by atoms with E-state index in [0.29, 0.717) is 23.2 Å². The lowest BCUT2D eigenvalue weighted by molar-refractivity contribution is 0.0940. The fourth-order valence-electron chi connectivity index (χ4n) is 4.95. The van der Waals surface area contributed by atoms with Crippen LogP contribution in [0.3, 0.4) is 0 Å². The Labute approximate surface area is 202 Å². The number of carbonyl (C=O) groups excluding carboxylic acids is 1. The molecular weight excluding hydrogens is 425 g/mol. The SMILES string of the molecule is Cc1cc(-c2ccc3ncc(C(=O)C(C)C)c(N[C@H]4CC[C@H](N(C)C)CC4)c3c2)cc(F)c1C. The van der Waals surface area contributed by atoms with Crippen molar-refractivity contribution in [1.82, 2.24) is 9.88 Å². The molecule has 0 atom stereocenters. The highest BCUT2D eigenvalue weighted by molar-refractivity contribution is 6.09. The Hall–Kier alpha value is -2.79. The zero-order valence-electron chi connectivity index (χ0n) is 21.2. The summed E-state index contributed by atoms with van der Waals surface area (Å²) in [6.07, 6.45) is 6.10. The Morgan fingerprint density at radius 2 is 1.76 bits per heavy atom. The van der Waals surface area contributed by atoms with E-state index in [9.17, 15) is 9.18 Å². The molecule has 1 saturated carbocycles. The van der Waals surface area contributed by atoms with Crippen molar-refractivity contribution in [1.29, 1.82) is 0 Å². The van der Waals surface area contributed by atoms with Crippen LogP contribution in [-0.2, 0) is 0 Å². The minimum atomic E-state index is -0.201. The van der Waals surface area contributed by atoms with Gasteiger partial charge in [0.05, 0.1) is 16.8 Å². The van der Waals surface area contributed by atoms with E-state index in [-0.39, 0.29) is 17.5 Å². The first-order chi connectivity index (χ1) is 16.2. The lowest BCUT2D eigenvalue weighted by Crippen LogP contribution is -2.36. The molecule has 0 spiro atoms. The number of hydrogen-bond acceptors (Lipinski definition) is 4. The van der Waals surface area contributed by atoms with Gasteiger partial charge in [0, 0.05) is 29.6 Å². The molecule has 1 aliphatic carbocycles. The summed E-state index contributed by atoms with van der Waals surface area (Å²) >= 11 is 0. The van der Waals surface area contributed by atoms with Crippen molar-refractivity contribution in [3.05, 3.63) is 59.0 Å². The molecule has 5 heteroatoms. The summed E-state index contributed by atoms with van der Waals surface area (Å²) in [5, 5.41) is 4.66. The fourth-order valence-corrected chi connectivity index (χ4v) is 4.95. The maximum absolute atomic E-state index is 14.5. The molecule has 180 valence electrons. The Kier molecular flexibility index (Phi) is 7.04. The molecule has 0 radical (unpaired) electrons. The third-order valence-electron chi connectivity index (χ3n) is 7.37. The second-order valence-corrected chi connectivity index (χ2v) is 10.3. The number of Topliss-reactive ketones (excluding diaryl/α,β-unsaturated/α-hetero) is 1. The molecule has 1 N–H and O–H groups in total. The first-order valence-electron chi connectivity index (χ1n) is 12.3. The van der Waals surface area contributed by atoms with Crippen LogP contribution in [0.1, 0.15) is 61.0 Å². The Morgan fingerprint density at radius 1 is 1.06 bits per heavy atom. The third-order valence-corrected chi connectivity index (χ3v) is 7.37. The minimum absolute atomic E-state index is 0.0847. The molecular formula is C29H36FN3O. The molecule has 1 heterocycles. The van der Waals surface area contributed by atoms with Crippen LogP contribution in [0.15, 0.2) is 36.5 Å². The number of carbonyl (C=O) groups is 1. The van der Waals surface area contributed by atoms with Crippen LogP contribution in [0.4, 0.5) is 10.1 Å². The minimum Gasteiger partial charge on any atom is -0.381 e. The van der Waals surface area contributed by atoms with Crippen molar-refractivity contribution in [3.8, 4) is 11.1 Å². The van der Waals surface area contributed by atoms with Gasteiger partial charge in [0.1, 0.15) is 5.82 Å². The first kappa shape index (κ1) is 24.3. The number of rotatable bonds is 6. The highest BCUT2D eigenvalue weighted by Gasteiger charge is 2.25. The molecule has 1 aliphatic rings. The lowest BCUT2D eigenvalue weighted by atomic mass is 9.89. The summed E-state index contributed by atoms with van der Waals surface area (Å²) in [5.74, 6) is -0.240. The Morgan fingerprint density at radius 3 is 2.38 bits per heavy atom. The quantitative estimate of drug-likeness (QED) is 0.411. The van der Waals surface area contributed by atoms with E-state index in [1.807, 2.05) is 39.0 Å². The summed E-state index contributed by atoms with van der Waals surface area (Å²) < 4.78 is 14.5. The van der Waals surface area contributed by atoms with E-state index in [2.05, 4.69) is 35.4 Å². The number of aryl methyl sites for hydroxylation is 1. The smallest absolute Gasteiger partial charge is 0.169 e. The van der Waals surface area contributed by atoms with E-state index in [0.717, 1.165) is 59.0 Å². The molecule has 0 bridgehead atoms. The van der Waals surface area contributed by atoms with Crippen LogP contribution in [0.25, 0.3) is 22.0 Å². The van der Waals surface area contributed by atoms with E-state index < -0.39 is 0 Å². The summed E-state index contributed by atoms with van der Waals surface area (Å²) in [7, 11) is 4.29. The van der Waals surface area contributed by atoms with Gasteiger partial charge < -0.3 is 10.2 Å². The highest BCUT2D eigenvalue weighted by atomic mass is 19.1. The van der Waals surface area contributed by atoms with Crippen molar-refractivity contribution >= 4 is 22.4 Å². The number of hydrogen-bond donors (Lipinski definition) is 1. The summed E-state index contributed by atoms with van der Waals surface area (Å²) in [6, 6.07) is 10.5. The number of halogens is 1. The zero-order valence-corrected chi connectivity index (χ0v) is 21.2. The van der Waals surface area contributed by atoms with Crippen LogP contribution < -0.4 is 5.32 Å².